The number of fused-ring (bicyclic) bond motifs is 1. The van der Waals surface area contributed by atoms with Gasteiger partial charge < -0.3 is 20.1 Å². The van der Waals surface area contributed by atoms with Crippen LogP contribution in [0, 0.1) is 6.92 Å². The Hall–Kier alpha value is -3.23. The zero-order chi connectivity index (χ0) is 19.6. The van der Waals surface area contributed by atoms with Crippen LogP contribution in [0.15, 0.2) is 36.4 Å². The number of ether oxygens (including phenoxy) is 1. The van der Waals surface area contributed by atoms with Gasteiger partial charge in [-0.2, -0.15) is 0 Å². The van der Waals surface area contributed by atoms with Crippen LogP contribution in [0.25, 0.3) is 11.0 Å². The number of carbonyl (C=O) groups is 1. The van der Waals surface area contributed by atoms with E-state index in [1.165, 1.54) is 24.3 Å². The topological polar surface area (TPSA) is 87.2 Å². The smallest absolute Gasteiger partial charge is 0.481 e. The van der Waals surface area contributed by atoms with Crippen molar-refractivity contribution >= 4 is 28.6 Å². The fourth-order valence-electron chi connectivity index (χ4n) is 2.66. The summed E-state index contributed by atoms with van der Waals surface area (Å²) in [6.07, 6.45) is -4.29. The van der Waals surface area contributed by atoms with Crippen molar-refractivity contribution in [2.75, 3.05) is 5.32 Å². The summed E-state index contributed by atoms with van der Waals surface area (Å²) in [7, 11) is 0. The molecule has 3 rings (SSSR count). The molecule has 0 amide bonds. The third-order valence-electron chi connectivity index (χ3n) is 3.90. The number of nitrogens with one attached hydrogen (secondary N) is 2. The number of imidazole rings is 1. The van der Waals surface area contributed by atoms with E-state index in [9.17, 15) is 18.0 Å². The summed E-state index contributed by atoms with van der Waals surface area (Å²) in [6, 6.07) is 9.00. The Kier molecular flexibility index (Phi) is 4.93. The lowest BCUT2D eigenvalue weighted by molar-refractivity contribution is -0.274. The Bertz CT molecular complexity index is 966. The summed E-state index contributed by atoms with van der Waals surface area (Å²) < 4.78 is 40.4. The Labute approximate surface area is 152 Å². The van der Waals surface area contributed by atoms with Crippen LogP contribution < -0.4 is 10.1 Å². The van der Waals surface area contributed by atoms with Crippen molar-refractivity contribution in [3.05, 3.63) is 47.5 Å². The zero-order valence-corrected chi connectivity index (χ0v) is 14.2. The zero-order valence-electron chi connectivity index (χ0n) is 14.2. The molecule has 0 radical (unpaired) electrons. The van der Waals surface area contributed by atoms with Gasteiger partial charge in [0, 0.05) is 12.1 Å². The van der Waals surface area contributed by atoms with Gasteiger partial charge in [-0.05, 0) is 60.9 Å². The van der Waals surface area contributed by atoms with E-state index < -0.39 is 12.3 Å². The lowest BCUT2D eigenvalue weighted by atomic mass is 10.0. The van der Waals surface area contributed by atoms with Crippen LogP contribution >= 0.6 is 0 Å². The lowest BCUT2D eigenvalue weighted by Gasteiger charge is -2.09. The number of rotatable bonds is 6. The minimum absolute atomic E-state index is 0.0359. The number of anilines is 2. The van der Waals surface area contributed by atoms with E-state index in [0.717, 1.165) is 16.6 Å². The number of hydrogen-bond acceptors (Lipinski definition) is 4. The number of alkyl halides is 3. The van der Waals surface area contributed by atoms with Crippen molar-refractivity contribution in [3.8, 4) is 5.75 Å². The summed E-state index contributed by atoms with van der Waals surface area (Å²) in [4.78, 5) is 18.2. The van der Waals surface area contributed by atoms with Crippen molar-refractivity contribution < 1.29 is 27.8 Å². The van der Waals surface area contributed by atoms with Gasteiger partial charge >= 0.3 is 12.3 Å². The first kappa shape index (κ1) is 18.6. The van der Waals surface area contributed by atoms with Gasteiger partial charge in [0.15, 0.2) is 0 Å². The Balaban J connectivity index is 1.76. The molecule has 0 atom stereocenters. The van der Waals surface area contributed by atoms with Gasteiger partial charge in [0.2, 0.25) is 5.95 Å². The average Bonchev–Trinajstić information content (AvgIpc) is 2.94. The van der Waals surface area contributed by atoms with Crippen LogP contribution in [0.5, 0.6) is 5.75 Å². The molecule has 1 aromatic heterocycles. The second kappa shape index (κ2) is 7.18. The number of aromatic amines is 1. The molecular formula is C18H16F3N3O3. The number of aromatic nitrogens is 2. The van der Waals surface area contributed by atoms with Gasteiger partial charge in [0.05, 0.1) is 11.0 Å². The molecule has 0 aliphatic rings. The van der Waals surface area contributed by atoms with Gasteiger partial charge in [-0.25, -0.2) is 4.98 Å². The van der Waals surface area contributed by atoms with E-state index >= 15 is 0 Å². The largest absolute Gasteiger partial charge is 0.573 e. The molecule has 0 unspecified atom stereocenters. The van der Waals surface area contributed by atoms with Crippen LogP contribution in [0.2, 0.25) is 0 Å². The van der Waals surface area contributed by atoms with Crippen LogP contribution in [0.1, 0.15) is 17.5 Å². The Morgan fingerprint density at radius 1 is 1.26 bits per heavy atom. The highest BCUT2D eigenvalue weighted by Crippen LogP contribution is 2.26. The van der Waals surface area contributed by atoms with E-state index in [1.807, 2.05) is 19.1 Å². The molecule has 27 heavy (non-hydrogen) atoms. The first-order valence-electron chi connectivity index (χ1n) is 8.03. The second-order valence-electron chi connectivity index (χ2n) is 5.97. The molecule has 142 valence electrons. The molecule has 0 spiro atoms. The number of nitrogens with zero attached hydrogens (tertiary/aromatic N) is 1. The molecule has 0 fully saturated rings. The molecule has 0 aliphatic heterocycles. The normalized spacial score (nSPS) is 11.6. The highest BCUT2D eigenvalue weighted by molar-refractivity contribution is 5.80. The molecule has 0 bridgehead atoms. The maximum Gasteiger partial charge on any atom is 0.573 e. The van der Waals surface area contributed by atoms with Gasteiger partial charge in [0.25, 0.3) is 0 Å². The highest BCUT2D eigenvalue weighted by atomic mass is 19.4. The van der Waals surface area contributed by atoms with Crippen molar-refractivity contribution in [3.63, 3.8) is 0 Å². The predicted octanol–water partition coefficient (Wildman–Crippen LogP) is 4.53. The van der Waals surface area contributed by atoms with Crippen molar-refractivity contribution in [1.82, 2.24) is 9.97 Å². The summed E-state index contributed by atoms with van der Waals surface area (Å²) >= 11 is 0. The van der Waals surface area contributed by atoms with E-state index in [4.69, 9.17) is 5.11 Å². The third kappa shape index (κ3) is 4.90. The van der Waals surface area contributed by atoms with Crippen LogP contribution in [0.3, 0.4) is 0 Å². The molecule has 2 aromatic carbocycles. The molecule has 6 nitrogen and oxygen atoms in total. The van der Waals surface area contributed by atoms with Crippen LogP contribution in [0.4, 0.5) is 24.8 Å². The maximum absolute atomic E-state index is 12.2. The van der Waals surface area contributed by atoms with Crippen molar-refractivity contribution in [2.45, 2.75) is 26.1 Å². The molecular weight excluding hydrogens is 363 g/mol. The summed E-state index contributed by atoms with van der Waals surface area (Å²) in [5.74, 6) is -0.752. The van der Waals surface area contributed by atoms with E-state index in [2.05, 4.69) is 20.0 Å². The second-order valence-corrected chi connectivity index (χ2v) is 5.97. The molecule has 3 N–H and O–H groups in total. The molecule has 1 heterocycles. The standard InChI is InChI=1S/C18H16F3N3O3/c1-10-8-14-15(9-11(10)2-7-16(25)26)24-17(23-14)22-12-3-5-13(6-4-12)27-18(19,20)21/h3-6,8-9H,2,7H2,1H3,(H,25,26)(H2,22,23,24). The monoisotopic (exact) mass is 379 g/mol. The van der Waals surface area contributed by atoms with Crippen LogP contribution in [-0.4, -0.2) is 27.4 Å². The summed E-state index contributed by atoms with van der Waals surface area (Å²) in [5.41, 5.74) is 3.82. The van der Waals surface area contributed by atoms with E-state index in [-0.39, 0.29) is 12.2 Å². The van der Waals surface area contributed by atoms with Gasteiger partial charge in [-0.1, -0.05) is 0 Å². The molecule has 9 heteroatoms. The highest BCUT2D eigenvalue weighted by Gasteiger charge is 2.30. The number of benzene rings is 2. The Morgan fingerprint density at radius 3 is 2.59 bits per heavy atom. The number of aryl methyl sites for hydroxylation is 2. The number of H-pyrrole nitrogens is 1. The predicted molar refractivity (Wildman–Crippen MR) is 93.2 cm³/mol. The molecule has 0 saturated heterocycles. The SMILES string of the molecule is Cc1cc2[nH]c(Nc3ccc(OC(F)(F)F)cc3)nc2cc1CCC(=O)O. The lowest BCUT2D eigenvalue weighted by Crippen LogP contribution is -2.16. The number of carboxylic acids is 1. The molecule has 3 aromatic rings. The first-order valence-corrected chi connectivity index (χ1v) is 8.03. The minimum atomic E-state index is -4.73. The van der Waals surface area contributed by atoms with Crippen molar-refractivity contribution in [2.24, 2.45) is 0 Å². The fourth-order valence-corrected chi connectivity index (χ4v) is 2.66. The summed E-state index contributed by atoms with van der Waals surface area (Å²) in [6.45, 7) is 1.89. The number of halogens is 3. The van der Waals surface area contributed by atoms with Gasteiger partial charge in [-0.15, -0.1) is 13.2 Å². The maximum atomic E-state index is 12.2. The number of aliphatic carboxylic acids is 1. The quantitative estimate of drug-likeness (QED) is 0.586. The minimum Gasteiger partial charge on any atom is -0.481 e. The number of hydrogen-bond donors (Lipinski definition) is 3. The van der Waals surface area contributed by atoms with E-state index in [1.54, 1.807) is 0 Å². The Morgan fingerprint density at radius 2 is 1.96 bits per heavy atom. The van der Waals surface area contributed by atoms with Crippen LogP contribution in [-0.2, 0) is 11.2 Å². The summed E-state index contributed by atoms with van der Waals surface area (Å²) in [5, 5.41) is 11.8. The van der Waals surface area contributed by atoms with Gasteiger partial charge in [0.1, 0.15) is 5.75 Å². The average molecular weight is 379 g/mol. The number of carboxylic acid groups (broad SMARTS) is 1. The fraction of sp³-hybridized carbons (Fsp3) is 0.222. The third-order valence-corrected chi connectivity index (χ3v) is 3.90. The van der Waals surface area contributed by atoms with Gasteiger partial charge in [-0.3, -0.25) is 4.79 Å². The molecule has 0 saturated carbocycles. The van der Waals surface area contributed by atoms with Crippen molar-refractivity contribution in [1.29, 1.82) is 0 Å². The first-order chi connectivity index (χ1) is 12.7. The molecule has 0 aliphatic carbocycles. The van der Waals surface area contributed by atoms with E-state index in [0.29, 0.717) is 23.6 Å².